The Morgan fingerprint density at radius 2 is 1.53 bits per heavy atom. The minimum Gasteiger partial charge on any atom is -0.458 e. The van der Waals surface area contributed by atoms with E-state index in [0.29, 0.717) is 11.3 Å². The number of carbonyl (C=O) groups excluding carboxylic acids is 4. The fourth-order valence-electron chi connectivity index (χ4n) is 4.06. The van der Waals surface area contributed by atoms with E-state index in [2.05, 4.69) is 26.5 Å². The van der Waals surface area contributed by atoms with Gasteiger partial charge in [0.15, 0.2) is 0 Å². The number of hydrogen-bond donors (Lipinski definition) is 4. The lowest BCUT2D eigenvalue weighted by Gasteiger charge is -2.21. The van der Waals surface area contributed by atoms with Gasteiger partial charge in [0.2, 0.25) is 15.9 Å². The van der Waals surface area contributed by atoms with Crippen LogP contribution in [0.2, 0.25) is 10.0 Å². The van der Waals surface area contributed by atoms with Crippen LogP contribution in [-0.2, 0) is 42.3 Å². The van der Waals surface area contributed by atoms with Gasteiger partial charge in [-0.2, -0.15) is 9.41 Å². The van der Waals surface area contributed by atoms with Gasteiger partial charge in [-0.3, -0.25) is 19.2 Å². The fourth-order valence-corrected chi connectivity index (χ4v) is 5.97. The van der Waals surface area contributed by atoms with Gasteiger partial charge in [-0.15, -0.1) is 0 Å². The highest BCUT2D eigenvalue weighted by molar-refractivity contribution is 7.89. The number of hydrazone groups is 1. The summed E-state index contributed by atoms with van der Waals surface area (Å²) in [5, 5.41) is 11.8. The Morgan fingerprint density at radius 1 is 0.851 bits per heavy atom. The molecule has 47 heavy (non-hydrogen) atoms. The molecule has 16 heteroatoms. The largest absolute Gasteiger partial charge is 0.458 e. The monoisotopic (exact) mass is 698 g/mol. The third kappa shape index (κ3) is 10.5. The van der Waals surface area contributed by atoms with Gasteiger partial charge >= 0.3 is 11.8 Å². The summed E-state index contributed by atoms with van der Waals surface area (Å²) in [5.41, 5.74) is 3.61. The molecule has 4 N–H and O–H groups in total. The average molecular weight is 700 g/mol. The van der Waals surface area contributed by atoms with E-state index < -0.39 is 34.3 Å². The maximum Gasteiger partial charge on any atom is 0.313 e. The van der Waals surface area contributed by atoms with Crippen molar-refractivity contribution >= 4 is 74.4 Å². The number of halogens is 2. The van der Waals surface area contributed by atoms with Gasteiger partial charge in [-0.25, -0.2) is 13.8 Å². The average Bonchev–Trinajstić information content (AvgIpc) is 3.47. The van der Waals surface area contributed by atoms with Crippen LogP contribution in [0.1, 0.15) is 24.0 Å². The fraction of sp³-hybridized carbons (Fsp3) is 0.129. The molecule has 4 rings (SSSR count). The van der Waals surface area contributed by atoms with E-state index in [1.807, 2.05) is 0 Å². The summed E-state index contributed by atoms with van der Waals surface area (Å²) in [7, 11) is -4.14. The molecular formula is C31H28Cl2N6O7S. The SMILES string of the molecule is CC(=O)Nc1ccc(S(=O)(=O)N(CC(=O)N/N=C\c2ccc(CNC(=O)C(=O)Nc3cc(Cl)cc(Cl)c3)o2)Cc2ccccc2)cc1. The van der Waals surface area contributed by atoms with Gasteiger partial charge in [-0.05, 0) is 60.2 Å². The zero-order chi connectivity index (χ0) is 34.0. The van der Waals surface area contributed by atoms with Crippen LogP contribution in [0.5, 0.6) is 0 Å². The number of hydrogen-bond acceptors (Lipinski definition) is 8. The molecule has 0 aliphatic heterocycles. The molecule has 0 bridgehead atoms. The molecule has 4 aromatic rings. The lowest BCUT2D eigenvalue weighted by molar-refractivity contribution is -0.136. The second-order valence-electron chi connectivity index (χ2n) is 9.86. The van der Waals surface area contributed by atoms with Crippen molar-refractivity contribution in [1.82, 2.24) is 15.0 Å². The number of nitrogens with zero attached hydrogens (tertiary/aromatic N) is 2. The molecule has 0 unspecified atom stereocenters. The minimum atomic E-state index is -4.14. The molecule has 0 atom stereocenters. The Hall–Kier alpha value is -5.02. The van der Waals surface area contributed by atoms with Gasteiger partial charge < -0.3 is 20.4 Å². The Morgan fingerprint density at radius 3 is 2.19 bits per heavy atom. The maximum absolute atomic E-state index is 13.5. The van der Waals surface area contributed by atoms with E-state index in [-0.39, 0.29) is 51.1 Å². The number of rotatable bonds is 12. The number of anilines is 2. The molecular weight excluding hydrogens is 671 g/mol. The number of furan rings is 1. The second kappa shape index (κ2) is 16.0. The topological polar surface area (TPSA) is 179 Å². The van der Waals surface area contributed by atoms with E-state index in [1.165, 1.54) is 67.7 Å². The Labute approximate surface area is 280 Å². The summed E-state index contributed by atoms with van der Waals surface area (Å²) in [5.74, 6) is -2.40. The lowest BCUT2D eigenvalue weighted by atomic mass is 10.2. The zero-order valence-electron chi connectivity index (χ0n) is 24.7. The highest BCUT2D eigenvalue weighted by atomic mass is 35.5. The zero-order valence-corrected chi connectivity index (χ0v) is 27.0. The highest BCUT2D eigenvalue weighted by Crippen LogP contribution is 2.23. The van der Waals surface area contributed by atoms with Crippen molar-refractivity contribution < 1.29 is 32.0 Å². The molecule has 0 spiro atoms. The van der Waals surface area contributed by atoms with Crippen molar-refractivity contribution in [2.75, 3.05) is 17.2 Å². The first-order valence-corrected chi connectivity index (χ1v) is 16.0. The molecule has 0 aliphatic rings. The summed E-state index contributed by atoms with van der Waals surface area (Å²) in [6.07, 6.45) is 1.19. The molecule has 4 amide bonds. The number of sulfonamides is 1. The molecule has 3 aromatic carbocycles. The third-order valence-electron chi connectivity index (χ3n) is 6.15. The van der Waals surface area contributed by atoms with Crippen molar-refractivity contribution in [1.29, 1.82) is 0 Å². The van der Waals surface area contributed by atoms with Crippen molar-refractivity contribution in [3.8, 4) is 0 Å². The molecule has 244 valence electrons. The first kappa shape index (κ1) is 34.8. The van der Waals surface area contributed by atoms with Crippen LogP contribution in [-0.4, -0.2) is 49.1 Å². The van der Waals surface area contributed by atoms with Gasteiger partial charge in [-0.1, -0.05) is 53.5 Å². The molecule has 0 aliphatic carbocycles. The minimum absolute atomic E-state index is 0.0691. The standard InChI is InChI=1S/C31H28Cl2N6O7S/c1-20(40)36-24-7-11-28(12-8-24)47(44,45)39(18-21-5-3-2-4-6-21)19-29(41)38-35-17-27-10-9-26(46-27)16-34-30(42)31(43)37-25-14-22(32)13-23(33)15-25/h2-15,17H,16,18-19H2,1H3,(H,34,42)(H,36,40)(H,37,43)(H,38,41)/b35-17-. The third-order valence-corrected chi connectivity index (χ3v) is 8.39. The summed E-state index contributed by atoms with van der Waals surface area (Å²) < 4.78 is 33.6. The summed E-state index contributed by atoms with van der Waals surface area (Å²) >= 11 is 11.8. The summed E-state index contributed by atoms with van der Waals surface area (Å²) in [6, 6.07) is 21.7. The van der Waals surface area contributed by atoms with Crippen molar-refractivity contribution in [3.63, 3.8) is 0 Å². The number of benzene rings is 3. The van der Waals surface area contributed by atoms with Crippen molar-refractivity contribution in [3.05, 3.63) is 112 Å². The van der Waals surface area contributed by atoms with Gasteiger partial charge in [0.05, 0.1) is 24.2 Å². The van der Waals surface area contributed by atoms with Crippen molar-refractivity contribution in [2.45, 2.75) is 24.9 Å². The normalized spacial score (nSPS) is 11.3. The Kier molecular flexibility index (Phi) is 11.9. The summed E-state index contributed by atoms with van der Waals surface area (Å²) in [4.78, 5) is 48.4. The van der Waals surface area contributed by atoms with Crippen LogP contribution in [0, 0.1) is 0 Å². The second-order valence-corrected chi connectivity index (χ2v) is 12.7. The van der Waals surface area contributed by atoms with Gasteiger partial charge in [0, 0.05) is 34.9 Å². The first-order valence-electron chi connectivity index (χ1n) is 13.8. The van der Waals surface area contributed by atoms with Gasteiger partial charge in [0.25, 0.3) is 5.91 Å². The van der Waals surface area contributed by atoms with Crippen molar-refractivity contribution in [2.24, 2.45) is 5.10 Å². The predicted octanol–water partition coefficient (Wildman–Crippen LogP) is 4.14. The molecule has 0 saturated carbocycles. The Balaban J connectivity index is 1.34. The van der Waals surface area contributed by atoms with Crippen LogP contribution < -0.4 is 21.4 Å². The summed E-state index contributed by atoms with van der Waals surface area (Å²) in [6.45, 7) is 0.566. The van der Waals surface area contributed by atoms with E-state index in [0.717, 1.165) is 4.31 Å². The van der Waals surface area contributed by atoms with E-state index in [4.69, 9.17) is 27.6 Å². The van der Waals surface area contributed by atoms with Gasteiger partial charge in [0.1, 0.15) is 11.5 Å². The smallest absolute Gasteiger partial charge is 0.313 e. The molecule has 0 radical (unpaired) electrons. The first-order chi connectivity index (χ1) is 22.4. The van der Waals surface area contributed by atoms with Crippen LogP contribution in [0.3, 0.4) is 0 Å². The molecule has 13 nitrogen and oxygen atoms in total. The predicted molar refractivity (Wildman–Crippen MR) is 176 cm³/mol. The molecule has 0 fully saturated rings. The molecule has 1 heterocycles. The number of nitrogens with one attached hydrogen (secondary N) is 4. The van der Waals surface area contributed by atoms with E-state index >= 15 is 0 Å². The van der Waals surface area contributed by atoms with Crippen LogP contribution in [0.4, 0.5) is 11.4 Å². The van der Waals surface area contributed by atoms with Crippen LogP contribution >= 0.6 is 23.2 Å². The Bertz CT molecular complexity index is 1880. The maximum atomic E-state index is 13.5. The number of carbonyl (C=O) groups is 4. The molecule has 1 aromatic heterocycles. The molecule has 0 saturated heterocycles. The van der Waals surface area contributed by atoms with Crippen LogP contribution in [0.25, 0.3) is 0 Å². The quantitative estimate of drug-likeness (QED) is 0.0975. The van der Waals surface area contributed by atoms with E-state index in [9.17, 15) is 27.6 Å². The number of amides is 4. The van der Waals surface area contributed by atoms with E-state index in [1.54, 1.807) is 30.3 Å². The lowest BCUT2D eigenvalue weighted by Crippen LogP contribution is -2.39. The van der Waals surface area contributed by atoms with Crippen LogP contribution in [0.15, 0.2) is 99.3 Å². The highest BCUT2D eigenvalue weighted by Gasteiger charge is 2.27.